The molecule has 0 aromatic heterocycles. The average Bonchev–Trinajstić information content (AvgIpc) is 1.21. The van der Waals surface area contributed by atoms with Crippen LogP contribution in [0.5, 0.6) is 0 Å². The summed E-state index contributed by atoms with van der Waals surface area (Å²) in [5.74, 6) is -2.32. The first-order valence-electron chi connectivity index (χ1n) is 40.2. The fourth-order valence-electron chi connectivity index (χ4n) is 10.5. The molecule has 9 nitrogen and oxygen atoms in total. The van der Waals surface area contributed by atoms with Crippen LogP contribution in [0, 0.1) is 0 Å². The number of unbranched alkanes of at least 4 members (excludes halogenated alkanes) is 23. The molecule has 0 heterocycles. The van der Waals surface area contributed by atoms with Crippen molar-refractivity contribution in [2.24, 2.45) is 0 Å². The third-order valence-electron chi connectivity index (χ3n) is 16.5. The Morgan fingerprint density at radius 3 is 0.792 bits per heavy atom. The number of hydrogen-bond acceptors (Lipinski definition) is 8. The number of carbonyl (C=O) groups excluding carboxylic acids is 3. The Balaban J connectivity index is 4.14. The lowest BCUT2D eigenvalue weighted by molar-refractivity contribution is -0.870. The third kappa shape index (κ3) is 81.0. The molecule has 101 heavy (non-hydrogen) atoms. The lowest BCUT2D eigenvalue weighted by Gasteiger charge is -2.26. The van der Waals surface area contributed by atoms with Gasteiger partial charge in [-0.3, -0.25) is 9.59 Å². The minimum absolute atomic E-state index is 0.134. The molecule has 0 bridgehead atoms. The van der Waals surface area contributed by atoms with Gasteiger partial charge in [0, 0.05) is 12.8 Å². The van der Waals surface area contributed by atoms with E-state index < -0.39 is 24.3 Å². The van der Waals surface area contributed by atoms with Crippen LogP contribution in [0.1, 0.15) is 296 Å². The molecule has 0 saturated heterocycles. The number of likely N-dealkylation sites (N-methyl/N-ethyl adjacent to an activating group) is 1. The van der Waals surface area contributed by atoms with E-state index in [-0.39, 0.29) is 38.6 Å². The first kappa shape index (κ1) is 94.9. The van der Waals surface area contributed by atoms with Crippen LogP contribution in [-0.4, -0.2) is 82.3 Å². The number of aliphatic carboxylic acids is 1. The van der Waals surface area contributed by atoms with Gasteiger partial charge in [-0.2, -0.15) is 0 Å². The third-order valence-corrected chi connectivity index (χ3v) is 16.5. The van der Waals surface area contributed by atoms with Crippen molar-refractivity contribution in [2.75, 3.05) is 47.5 Å². The van der Waals surface area contributed by atoms with Crippen LogP contribution >= 0.6 is 0 Å². The summed E-state index contributed by atoms with van der Waals surface area (Å²) in [7, 11) is 5.92. The number of nitrogens with zero attached hydrogens (tertiary/aromatic N) is 1. The van der Waals surface area contributed by atoms with Crippen LogP contribution in [0.2, 0.25) is 0 Å². The first-order valence-corrected chi connectivity index (χ1v) is 40.2. The second-order valence-corrected chi connectivity index (χ2v) is 27.2. The van der Waals surface area contributed by atoms with Gasteiger partial charge in [-0.25, -0.2) is 0 Å². The number of allylic oxidation sites excluding steroid dienone is 34. The molecule has 0 saturated carbocycles. The Morgan fingerprint density at radius 1 is 0.297 bits per heavy atom. The lowest BCUT2D eigenvalue weighted by atomic mass is 10.0. The van der Waals surface area contributed by atoms with E-state index in [1.807, 2.05) is 21.1 Å². The predicted molar refractivity (Wildman–Crippen MR) is 434 cm³/mol. The average molecular weight is 1400 g/mol. The molecule has 0 spiro atoms. The number of carboxylic acids is 1. The Morgan fingerprint density at radius 2 is 0.535 bits per heavy atom. The first-order chi connectivity index (χ1) is 49.6. The van der Waals surface area contributed by atoms with E-state index >= 15 is 0 Å². The van der Waals surface area contributed by atoms with Gasteiger partial charge >= 0.3 is 11.9 Å². The second-order valence-electron chi connectivity index (χ2n) is 27.2. The van der Waals surface area contributed by atoms with E-state index in [0.717, 1.165) is 161 Å². The maximum atomic E-state index is 13.0. The molecule has 2 unspecified atom stereocenters. The molecule has 0 aliphatic heterocycles. The van der Waals surface area contributed by atoms with E-state index in [4.69, 9.17) is 18.9 Å². The fourth-order valence-corrected chi connectivity index (χ4v) is 10.5. The largest absolute Gasteiger partial charge is 0.545 e. The van der Waals surface area contributed by atoms with Crippen LogP contribution in [0.15, 0.2) is 207 Å². The standard InChI is InChI=1S/C92H147NO8/c1-6-8-10-12-14-16-18-20-22-24-26-28-30-32-34-36-38-40-42-44-45-47-49-51-53-55-57-59-61-63-65-67-69-71-73-75-77-79-81-83-90(95)101-88(87-100-92(91(96)97)98-85-84-93(3,4)5)86-99-89(94)82-80-78-76-74-72-70-68-66-64-62-60-58-56-54-52-50-48-46-43-41-39-37-35-33-31-29-27-25-23-21-19-17-15-13-11-9-7-2/h8-11,14-17,20-23,26-29,32-35,38-41,44-45,49,51,55,57,61,63,67,69,88,92H,6-7,12-13,18-19,24-25,30-31,36-37,42-43,46-48,50,52-54,56,58-60,62,64-66,68,70-87H2,1-5H3/b10-8-,11-9-,16-14-,17-15-,22-20-,23-21-,28-26-,29-27-,34-32-,35-33-,40-38-,41-39-,45-44-,51-49-,57-55-,63-61-,69-67-. The van der Waals surface area contributed by atoms with E-state index in [0.29, 0.717) is 17.4 Å². The smallest absolute Gasteiger partial charge is 0.306 e. The van der Waals surface area contributed by atoms with Gasteiger partial charge in [0.05, 0.1) is 40.3 Å². The van der Waals surface area contributed by atoms with Crippen molar-refractivity contribution < 1.29 is 42.9 Å². The molecular formula is C92H147NO8. The van der Waals surface area contributed by atoms with Crippen molar-refractivity contribution in [3.63, 3.8) is 0 Å². The van der Waals surface area contributed by atoms with E-state index in [1.165, 1.54) is 103 Å². The van der Waals surface area contributed by atoms with Crippen molar-refractivity contribution in [3.05, 3.63) is 207 Å². The van der Waals surface area contributed by atoms with Gasteiger partial charge in [0.1, 0.15) is 13.2 Å². The zero-order valence-corrected chi connectivity index (χ0v) is 64.9. The van der Waals surface area contributed by atoms with Gasteiger partial charge < -0.3 is 33.3 Å². The Hall–Kier alpha value is -6.13. The maximum absolute atomic E-state index is 13.0. The molecule has 0 radical (unpaired) electrons. The van der Waals surface area contributed by atoms with Crippen molar-refractivity contribution in [3.8, 4) is 0 Å². The number of hydrogen-bond donors (Lipinski definition) is 0. The minimum atomic E-state index is -1.64. The molecule has 0 aromatic carbocycles. The van der Waals surface area contributed by atoms with Crippen molar-refractivity contribution >= 4 is 17.9 Å². The molecule has 0 N–H and O–H groups in total. The highest BCUT2D eigenvalue weighted by atomic mass is 16.7. The molecule has 0 rings (SSSR count). The Labute approximate surface area is 620 Å². The Bertz CT molecular complexity index is 2420. The number of carboxylic acid groups (broad SMARTS) is 1. The van der Waals surface area contributed by atoms with Gasteiger partial charge in [0.15, 0.2) is 12.4 Å². The Kier molecular flexibility index (Phi) is 74.7. The summed E-state index contributed by atoms with van der Waals surface area (Å²) < 4.78 is 22.8. The minimum Gasteiger partial charge on any atom is -0.545 e. The zero-order chi connectivity index (χ0) is 73.2. The van der Waals surface area contributed by atoms with Crippen molar-refractivity contribution in [2.45, 2.75) is 309 Å². The van der Waals surface area contributed by atoms with Crippen LogP contribution in [0.25, 0.3) is 0 Å². The molecule has 9 heteroatoms. The van der Waals surface area contributed by atoms with Crippen LogP contribution < -0.4 is 5.11 Å². The number of esters is 2. The summed E-state index contributed by atoms with van der Waals surface area (Å²) in [4.78, 5) is 37.6. The van der Waals surface area contributed by atoms with Crippen molar-refractivity contribution in [1.82, 2.24) is 0 Å². The summed E-state index contributed by atoms with van der Waals surface area (Å²) in [6.07, 6.45) is 121. The van der Waals surface area contributed by atoms with Gasteiger partial charge in [0.25, 0.3) is 0 Å². The summed E-state index contributed by atoms with van der Waals surface area (Å²) in [5, 5.41) is 11.9. The molecule has 0 aliphatic carbocycles. The van der Waals surface area contributed by atoms with Gasteiger partial charge in [-0.1, -0.05) is 342 Å². The summed E-state index contributed by atoms with van der Waals surface area (Å²) in [6.45, 7) is 4.49. The van der Waals surface area contributed by atoms with Gasteiger partial charge in [0.2, 0.25) is 0 Å². The molecule has 568 valence electrons. The molecular weight excluding hydrogens is 1250 g/mol. The van der Waals surface area contributed by atoms with Crippen LogP contribution in [-0.2, 0) is 33.3 Å². The number of ether oxygens (including phenoxy) is 4. The maximum Gasteiger partial charge on any atom is 0.306 e. The summed E-state index contributed by atoms with van der Waals surface area (Å²) in [5.41, 5.74) is 0. The van der Waals surface area contributed by atoms with E-state index in [2.05, 4.69) is 220 Å². The lowest BCUT2D eigenvalue weighted by Crippen LogP contribution is -2.44. The number of rotatable bonds is 72. The highest BCUT2D eigenvalue weighted by Gasteiger charge is 2.22. The van der Waals surface area contributed by atoms with E-state index in [9.17, 15) is 19.5 Å². The zero-order valence-electron chi connectivity index (χ0n) is 64.9. The predicted octanol–water partition coefficient (Wildman–Crippen LogP) is 24.9. The van der Waals surface area contributed by atoms with Crippen molar-refractivity contribution in [1.29, 1.82) is 0 Å². The molecule has 2 atom stereocenters. The SMILES string of the molecule is CC/C=C\C/C=C\C/C=C\C/C=C\C/C=C\C/C=C\C/C=C\C/C=C\C/C=C\C/C=C\C/C=C\CCCCCCCC(=O)OC(COC(=O)CCCCCCCCCCCCCCCCCCCC/C=C\C/C=C\C/C=C\C/C=C\C/C=C\C/C=C\CC)COC(OCC[N+](C)(C)C)C(=O)[O-]. The van der Waals surface area contributed by atoms with Gasteiger partial charge in [-0.05, 0) is 148 Å². The monoisotopic (exact) mass is 1390 g/mol. The molecule has 0 fully saturated rings. The fraction of sp³-hybridized carbons (Fsp3) is 0.598. The molecule has 0 amide bonds. The normalized spacial score (nSPS) is 13.8. The van der Waals surface area contributed by atoms with Gasteiger partial charge in [-0.15, -0.1) is 0 Å². The quantitative estimate of drug-likeness (QED) is 0.0195. The molecule has 0 aromatic rings. The van der Waals surface area contributed by atoms with Crippen LogP contribution in [0.3, 0.4) is 0 Å². The number of quaternary nitrogens is 1. The topological polar surface area (TPSA) is 111 Å². The highest BCUT2D eigenvalue weighted by molar-refractivity contribution is 5.70. The number of carbonyl (C=O) groups is 3. The summed E-state index contributed by atoms with van der Waals surface area (Å²) in [6, 6.07) is 0. The van der Waals surface area contributed by atoms with E-state index in [1.54, 1.807) is 0 Å². The molecule has 0 aliphatic rings. The van der Waals surface area contributed by atoms with Crippen LogP contribution in [0.4, 0.5) is 0 Å². The summed E-state index contributed by atoms with van der Waals surface area (Å²) >= 11 is 0. The second kappa shape index (κ2) is 79.6. The highest BCUT2D eigenvalue weighted by Crippen LogP contribution is 2.17.